The van der Waals surface area contributed by atoms with E-state index in [2.05, 4.69) is 5.10 Å². The predicted molar refractivity (Wildman–Crippen MR) is 67.8 cm³/mol. The lowest BCUT2D eigenvalue weighted by atomic mass is 10.1. The number of hydrogen-bond acceptors (Lipinski definition) is 4. The standard InChI is InChI=1S/C13H14N4O/c1-9-5-3-4-6-10(9)8-18-13-11(7-14)12(15)17(2)16-13/h3-6H,8,15H2,1-2H3. The third-order valence-electron chi connectivity index (χ3n) is 2.80. The molecule has 2 rings (SSSR count). The molecular formula is C13H14N4O. The summed E-state index contributed by atoms with van der Waals surface area (Å²) in [6, 6.07) is 9.91. The van der Waals surface area contributed by atoms with E-state index in [1.165, 1.54) is 4.68 Å². The largest absolute Gasteiger partial charge is 0.471 e. The summed E-state index contributed by atoms with van der Waals surface area (Å²) < 4.78 is 7.00. The van der Waals surface area contributed by atoms with Gasteiger partial charge in [0.15, 0.2) is 5.56 Å². The van der Waals surface area contributed by atoms with Crippen LogP contribution in [-0.2, 0) is 13.7 Å². The van der Waals surface area contributed by atoms with Crippen molar-refractivity contribution in [2.45, 2.75) is 13.5 Å². The van der Waals surface area contributed by atoms with Crippen LogP contribution in [0.2, 0.25) is 0 Å². The van der Waals surface area contributed by atoms with Crippen LogP contribution in [-0.4, -0.2) is 9.78 Å². The Morgan fingerprint density at radius 1 is 1.44 bits per heavy atom. The summed E-state index contributed by atoms with van der Waals surface area (Å²) in [7, 11) is 1.68. The molecule has 0 fully saturated rings. The van der Waals surface area contributed by atoms with Crippen LogP contribution in [0.3, 0.4) is 0 Å². The third kappa shape index (κ3) is 2.13. The van der Waals surface area contributed by atoms with Crippen molar-refractivity contribution in [1.82, 2.24) is 9.78 Å². The summed E-state index contributed by atoms with van der Waals surface area (Å²) >= 11 is 0. The van der Waals surface area contributed by atoms with Gasteiger partial charge in [-0.15, -0.1) is 5.10 Å². The topological polar surface area (TPSA) is 76.9 Å². The summed E-state index contributed by atoms with van der Waals surface area (Å²) in [5.74, 6) is 0.595. The van der Waals surface area contributed by atoms with E-state index in [0.29, 0.717) is 12.4 Å². The van der Waals surface area contributed by atoms with Crippen LogP contribution in [0.15, 0.2) is 24.3 Å². The molecule has 0 aliphatic heterocycles. The smallest absolute Gasteiger partial charge is 0.253 e. The SMILES string of the molecule is Cc1ccccc1COc1nn(C)c(N)c1C#N. The Morgan fingerprint density at radius 3 is 2.83 bits per heavy atom. The van der Waals surface area contributed by atoms with Gasteiger partial charge in [-0.3, -0.25) is 0 Å². The number of benzene rings is 1. The van der Waals surface area contributed by atoms with Gasteiger partial charge in [0, 0.05) is 7.05 Å². The molecule has 92 valence electrons. The number of rotatable bonds is 3. The first kappa shape index (κ1) is 12.0. The van der Waals surface area contributed by atoms with Crippen LogP contribution in [0.25, 0.3) is 0 Å². The van der Waals surface area contributed by atoms with E-state index in [-0.39, 0.29) is 11.4 Å². The Hall–Kier alpha value is -2.48. The van der Waals surface area contributed by atoms with Gasteiger partial charge in [-0.1, -0.05) is 24.3 Å². The molecule has 0 saturated heterocycles. The molecule has 18 heavy (non-hydrogen) atoms. The summed E-state index contributed by atoms with van der Waals surface area (Å²) in [6.07, 6.45) is 0. The quantitative estimate of drug-likeness (QED) is 0.889. The highest BCUT2D eigenvalue weighted by Gasteiger charge is 2.14. The average Bonchev–Trinajstić information content (AvgIpc) is 2.64. The fraction of sp³-hybridized carbons (Fsp3) is 0.231. The van der Waals surface area contributed by atoms with Crippen LogP contribution in [0.1, 0.15) is 16.7 Å². The lowest BCUT2D eigenvalue weighted by Crippen LogP contribution is -1.99. The van der Waals surface area contributed by atoms with E-state index in [4.69, 9.17) is 15.7 Å². The van der Waals surface area contributed by atoms with Crippen molar-refractivity contribution in [3.05, 3.63) is 41.0 Å². The third-order valence-corrected chi connectivity index (χ3v) is 2.80. The molecule has 5 heteroatoms. The van der Waals surface area contributed by atoms with Crippen LogP contribution >= 0.6 is 0 Å². The molecule has 0 unspecified atom stereocenters. The van der Waals surface area contributed by atoms with Crippen molar-refractivity contribution in [1.29, 1.82) is 5.26 Å². The molecule has 1 aromatic carbocycles. The minimum Gasteiger partial charge on any atom is -0.471 e. The van der Waals surface area contributed by atoms with Gasteiger partial charge >= 0.3 is 0 Å². The minimum atomic E-state index is 0.278. The molecule has 0 aliphatic carbocycles. The minimum absolute atomic E-state index is 0.278. The highest BCUT2D eigenvalue weighted by Crippen LogP contribution is 2.23. The maximum absolute atomic E-state index is 9.00. The summed E-state index contributed by atoms with van der Waals surface area (Å²) in [4.78, 5) is 0. The van der Waals surface area contributed by atoms with Crippen molar-refractivity contribution < 1.29 is 4.74 Å². The Kier molecular flexibility index (Phi) is 3.20. The van der Waals surface area contributed by atoms with Crippen LogP contribution in [0.4, 0.5) is 5.82 Å². The first-order valence-electron chi connectivity index (χ1n) is 5.53. The lowest BCUT2D eigenvalue weighted by Gasteiger charge is -2.06. The van der Waals surface area contributed by atoms with Gasteiger partial charge < -0.3 is 10.5 Å². The molecule has 0 atom stereocenters. The second-order valence-electron chi connectivity index (χ2n) is 4.02. The van der Waals surface area contributed by atoms with Gasteiger partial charge in [0.25, 0.3) is 5.88 Å². The van der Waals surface area contributed by atoms with E-state index in [0.717, 1.165) is 11.1 Å². The number of hydrogen-bond donors (Lipinski definition) is 1. The Bertz CT molecular complexity index is 610. The van der Waals surface area contributed by atoms with E-state index >= 15 is 0 Å². The molecule has 0 amide bonds. The van der Waals surface area contributed by atoms with Crippen molar-refractivity contribution in [3.63, 3.8) is 0 Å². The Labute approximate surface area is 105 Å². The summed E-state index contributed by atoms with van der Waals surface area (Å²) in [5, 5.41) is 13.1. The molecule has 2 N–H and O–H groups in total. The molecule has 0 saturated carbocycles. The van der Waals surface area contributed by atoms with E-state index in [9.17, 15) is 0 Å². The Balaban J connectivity index is 2.19. The Morgan fingerprint density at radius 2 is 2.17 bits per heavy atom. The van der Waals surface area contributed by atoms with Crippen molar-refractivity contribution in [2.75, 3.05) is 5.73 Å². The summed E-state index contributed by atoms with van der Waals surface area (Å²) in [6.45, 7) is 2.38. The number of aryl methyl sites for hydroxylation is 2. The predicted octanol–water partition coefficient (Wildman–Crippen LogP) is 1.76. The van der Waals surface area contributed by atoms with E-state index in [1.807, 2.05) is 37.3 Å². The zero-order chi connectivity index (χ0) is 13.1. The molecular weight excluding hydrogens is 228 g/mol. The molecule has 0 bridgehead atoms. The fourth-order valence-corrected chi connectivity index (χ4v) is 1.64. The van der Waals surface area contributed by atoms with Gasteiger partial charge in [0.1, 0.15) is 18.5 Å². The van der Waals surface area contributed by atoms with Gasteiger partial charge in [0.2, 0.25) is 0 Å². The van der Waals surface area contributed by atoms with Crippen molar-refractivity contribution >= 4 is 5.82 Å². The second kappa shape index (κ2) is 4.80. The maximum atomic E-state index is 9.00. The van der Waals surface area contributed by atoms with Crippen LogP contribution in [0, 0.1) is 18.3 Å². The second-order valence-corrected chi connectivity index (χ2v) is 4.02. The average molecular weight is 242 g/mol. The number of nitrogens with zero attached hydrogens (tertiary/aromatic N) is 3. The molecule has 1 aromatic heterocycles. The number of ether oxygens (including phenoxy) is 1. The van der Waals surface area contributed by atoms with Gasteiger partial charge in [-0.2, -0.15) is 5.26 Å². The number of nitrogens with two attached hydrogens (primary N) is 1. The van der Waals surface area contributed by atoms with Gasteiger partial charge in [0.05, 0.1) is 0 Å². The number of nitriles is 1. The first-order valence-corrected chi connectivity index (χ1v) is 5.53. The number of aromatic nitrogens is 2. The van der Waals surface area contributed by atoms with E-state index < -0.39 is 0 Å². The molecule has 0 aliphatic rings. The number of nitrogen functional groups attached to an aromatic ring is 1. The van der Waals surface area contributed by atoms with Crippen molar-refractivity contribution in [2.24, 2.45) is 7.05 Å². The lowest BCUT2D eigenvalue weighted by molar-refractivity contribution is 0.289. The molecule has 0 radical (unpaired) electrons. The number of anilines is 1. The zero-order valence-corrected chi connectivity index (χ0v) is 10.3. The first-order chi connectivity index (χ1) is 8.63. The van der Waals surface area contributed by atoms with Crippen LogP contribution < -0.4 is 10.5 Å². The zero-order valence-electron chi connectivity index (χ0n) is 10.3. The van der Waals surface area contributed by atoms with Gasteiger partial charge in [-0.25, -0.2) is 4.68 Å². The van der Waals surface area contributed by atoms with Crippen molar-refractivity contribution in [3.8, 4) is 11.9 Å². The molecule has 1 heterocycles. The van der Waals surface area contributed by atoms with Crippen LogP contribution in [0.5, 0.6) is 5.88 Å². The summed E-state index contributed by atoms with van der Waals surface area (Å²) in [5.41, 5.74) is 8.19. The monoisotopic (exact) mass is 242 g/mol. The maximum Gasteiger partial charge on any atom is 0.253 e. The van der Waals surface area contributed by atoms with E-state index in [1.54, 1.807) is 7.05 Å². The molecule has 5 nitrogen and oxygen atoms in total. The van der Waals surface area contributed by atoms with Gasteiger partial charge in [-0.05, 0) is 18.1 Å². The fourth-order valence-electron chi connectivity index (χ4n) is 1.64. The normalized spacial score (nSPS) is 10.1. The highest BCUT2D eigenvalue weighted by atomic mass is 16.5. The molecule has 2 aromatic rings. The molecule has 0 spiro atoms. The highest BCUT2D eigenvalue weighted by molar-refractivity contribution is 5.55.